The van der Waals surface area contributed by atoms with Crippen LogP contribution in [0.2, 0.25) is 5.02 Å². The van der Waals surface area contributed by atoms with Gasteiger partial charge in [-0.15, -0.1) is 0 Å². The number of nitro benzene ring substituents is 1. The number of nitrogens with one attached hydrogen (secondary N) is 1. The maximum absolute atomic E-state index is 10.8. The van der Waals surface area contributed by atoms with Crippen LogP contribution in [0.15, 0.2) is 18.2 Å². The van der Waals surface area contributed by atoms with Crippen LogP contribution in [0.1, 0.15) is 12.8 Å². The molecule has 1 heterocycles. The molecule has 1 saturated heterocycles. The first-order valence-electron chi connectivity index (χ1n) is 5.47. The molecule has 1 atom stereocenters. The van der Waals surface area contributed by atoms with Gasteiger partial charge < -0.3 is 10.1 Å². The van der Waals surface area contributed by atoms with Crippen LogP contribution in [0.25, 0.3) is 0 Å². The molecule has 0 aromatic heterocycles. The van der Waals surface area contributed by atoms with Crippen molar-refractivity contribution >= 4 is 17.3 Å². The smallest absolute Gasteiger partial charge is 0.312 e. The summed E-state index contributed by atoms with van der Waals surface area (Å²) in [7, 11) is 0. The standard InChI is InChI=1S/C11H13ClN2O3/c12-9-4-1-5-10(14(15)16)11(9)17-7-8-3-2-6-13-8/h1,4-5,8,13H,2-3,6-7H2/t8-/m1/s1. The Morgan fingerprint density at radius 1 is 1.59 bits per heavy atom. The van der Waals surface area contributed by atoms with E-state index in [1.807, 2.05) is 0 Å². The fraction of sp³-hybridized carbons (Fsp3) is 0.455. The van der Waals surface area contributed by atoms with Gasteiger partial charge in [0.05, 0.1) is 9.95 Å². The molecule has 0 amide bonds. The molecule has 0 spiro atoms. The first kappa shape index (κ1) is 12.1. The first-order chi connectivity index (χ1) is 8.18. The van der Waals surface area contributed by atoms with Gasteiger partial charge in [-0.1, -0.05) is 17.7 Å². The van der Waals surface area contributed by atoms with Gasteiger partial charge in [-0.05, 0) is 25.5 Å². The predicted molar refractivity (Wildman–Crippen MR) is 64.6 cm³/mol. The SMILES string of the molecule is O=[N+]([O-])c1cccc(Cl)c1OC[C@H]1CCCN1. The number of hydrogen-bond donors (Lipinski definition) is 1. The second kappa shape index (κ2) is 5.33. The Balaban J connectivity index is 2.10. The molecule has 0 unspecified atom stereocenters. The number of nitro groups is 1. The molecule has 1 N–H and O–H groups in total. The average Bonchev–Trinajstić information content (AvgIpc) is 2.80. The summed E-state index contributed by atoms with van der Waals surface area (Å²) in [5.41, 5.74) is -0.0875. The van der Waals surface area contributed by atoms with Crippen molar-refractivity contribution in [3.63, 3.8) is 0 Å². The Kier molecular flexibility index (Phi) is 3.81. The zero-order valence-corrected chi connectivity index (χ0v) is 9.94. The van der Waals surface area contributed by atoms with Crippen molar-refractivity contribution in [3.8, 4) is 5.75 Å². The molecule has 92 valence electrons. The highest BCUT2D eigenvalue weighted by Crippen LogP contribution is 2.34. The van der Waals surface area contributed by atoms with E-state index < -0.39 is 4.92 Å². The maximum atomic E-state index is 10.8. The summed E-state index contributed by atoms with van der Waals surface area (Å²) < 4.78 is 5.48. The molecule has 0 bridgehead atoms. The number of rotatable bonds is 4. The molecule has 1 aromatic rings. The summed E-state index contributed by atoms with van der Waals surface area (Å²) in [5, 5.41) is 14.4. The maximum Gasteiger partial charge on any atom is 0.312 e. The molecule has 1 aliphatic rings. The zero-order chi connectivity index (χ0) is 12.3. The fourth-order valence-electron chi connectivity index (χ4n) is 1.87. The molecule has 17 heavy (non-hydrogen) atoms. The molecule has 1 fully saturated rings. The van der Waals surface area contributed by atoms with Gasteiger partial charge in [0, 0.05) is 12.1 Å². The lowest BCUT2D eigenvalue weighted by Gasteiger charge is -2.12. The third-order valence-corrected chi connectivity index (χ3v) is 3.03. The number of para-hydroxylation sites is 1. The topological polar surface area (TPSA) is 64.4 Å². The minimum absolute atomic E-state index is 0.0875. The Morgan fingerprint density at radius 2 is 2.41 bits per heavy atom. The van der Waals surface area contributed by atoms with Crippen molar-refractivity contribution in [2.24, 2.45) is 0 Å². The van der Waals surface area contributed by atoms with Gasteiger partial charge in [0.15, 0.2) is 0 Å². The largest absolute Gasteiger partial charge is 0.484 e. The van der Waals surface area contributed by atoms with Crippen molar-refractivity contribution in [3.05, 3.63) is 33.3 Å². The predicted octanol–water partition coefficient (Wildman–Crippen LogP) is 2.38. The van der Waals surface area contributed by atoms with E-state index in [1.54, 1.807) is 12.1 Å². The highest BCUT2D eigenvalue weighted by molar-refractivity contribution is 6.32. The number of hydrogen-bond acceptors (Lipinski definition) is 4. The van der Waals surface area contributed by atoms with E-state index in [0.29, 0.717) is 6.61 Å². The van der Waals surface area contributed by atoms with E-state index in [4.69, 9.17) is 16.3 Å². The van der Waals surface area contributed by atoms with Crippen molar-refractivity contribution in [2.45, 2.75) is 18.9 Å². The minimum atomic E-state index is -0.483. The van der Waals surface area contributed by atoms with Crippen LogP contribution in [-0.4, -0.2) is 24.1 Å². The number of halogens is 1. The lowest BCUT2D eigenvalue weighted by Crippen LogP contribution is -2.28. The Hall–Kier alpha value is -1.33. The summed E-state index contributed by atoms with van der Waals surface area (Å²) >= 11 is 5.91. The summed E-state index contributed by atoms with van der Waals surface area (Å²) in [5.74, 6) is 0.160. The normalized spacial score (nSPS) is 19.2. The Labute approximate surface area is 104 Å². The minimum Gasteiger partial charge on any atom is -0.484 e. The van der Waals surface area contributed by atoms with E-state index in [-0.39, 0.29) is 22.5 Å². The highest BCUT2D eigenvalue weighted by atomic mass is 35.5. The highest BCUT2D eigenvalue weighted by Gasteiger charge is 2.21. The molecule has 2 rings (SSSR count). The third kappa shape index (κ3) is 2.87. The Morgan fingerprint density at radius 3 is 3.06 bits per heavy atom. The molecule has 0 saturated carbocycles. The van der Waals surface area contributed by atoms with Gasteiger partial charge in [0.1, 0.15) is 6.61 Å². The molecule has 6 heteroatoms. The van der Waals surface area contributed by atoms with Crippen LogP contribution < -0.4 is 10.1 Å². The first-order valence-corrected chi connectivity index (χ1v) is 5.85. The van der Waals surface area contributed by atoms with Crippen molar-refractivity contribution in [1.82, 2.24) is 5.32 Å². The molecular weight excluding hydrogens is 244 g/mol. The van der Waals surface area contributed by atoms with E-state index >= 15 is 0 Å². The Bertz CT molecular complexity index is 419. The van der Waals surface area contributed by atoms with Crippen LogP contribution >= 0.6 is 11.6 Å². The van der Waals surface area contributed by atoms with E-state index in [9.17, 15) is 10.1 Å². The van der Waals surface area contributed by atoms with Crippen LogP contribution in [0, 0.1) is 10.1 Å². The summed E-state index contributed by atoms with van der Waals surface area (Å²) in [6, 6.07) is 4.78. The molecule has 1 aliphatic heterocycles. The summed E-state index contributed by atoms with van der Waals surface area (Å²) in [6.45, 7) is 1.38. The molecule has 5 nitrogen and oxygen atoms in total. The lowest BCUT2D eigenvalue weighted by atomic mass is 10.2. The lowest BCUT2D eigenvalue weighted by molar-refractivity contribution is -0.385. The van der Waals surface area contributed by atoms with Crippen LogP contribution in [0.4, 0.5) is 5.69 Å². The van der Waals surface area contributed by atoms with Crippen LogP contribution in [0.3, 0.4) is 0 Å². The molecule has 0 radical (unpaired) electrons. The second-order valence-corrected chi connectivity index (χ2v) is 4.36. The monoisotopic (exact) mass is 256 g/mol. The third-order valence-electron chi connectivity index (χ3n) is 2.73. The second-order valence-electron chi connectivity index (χ2n) is 3.95. The van der Waals surface area contributed by atoms with Crippen molar-refractivity contribution < 1.29 is 9.66 Å². The zero-order valence-electron chi connectivity index (χ0n) is 9.19. The average molecular weight is 257 g/mol. The van der Waals surface area contributed by atoms with Crippen molar-refractivity contribution in [2.75, 3.05) is 13.2 Å². The van der Waals surface area contributed by atoms with E-state index in [2.05, 4.69) is 5.32 Å². The van der Waals surface area contributed by atoms with Gasteiger partial charge in [-0.3, -0.25) is 10.1 Å². The number of benzene rings is 1. The van der Waals surface area contributed by atoms with Gasteiger partial charge in [-0.25, -0.2) is 0 Å². The molecular formula is C11H13ClN2O3. The van der Waals surface area contributed by atoms with E-state index in [0.717, 1.165) is 19.4 Å². The number of ether oxygens (including phenoxy) is 1. The van der Waals surface area contributed by atoms with Crippen LogP contribution in [0.5, 0.6) is 5.75 Å². The summed E-state index contributed by atoms with van der Waals surface area (Å²) in [6.07, 6.45) is 2.14. The van der Waals surface area contributed by atoms with Crippen LogP contribution in [-0.2, 0) is 0 Å². The molecule has 1 aromatic carbocycles. The van der Waals surface area contributed by atoms with Gasteiger partial charge in [0.25, 0.3) is 0 Å². The van der Waals surface area contributed by atoms with Gasteiger partial charge >= 0.3 is 5.69 Å². The van der Waals surface area contributed by atoms with E-state index in [1.165, 1.54) is 6.07 Å². The fourth-order valence-corrected chi connectivity index (χ4v) is 2.09. The van der Waals surface area contributed by atoms with Gasteiger partial charge in [-0.2, -0.15) is 0 Å². The molecule has 0 aliphatic carbocycles. The quantitative estimate of drug-likeness (QED) is 0.664. The summed E-state index contributed by atoms with van der Waals surface area (Å²) in [4.78, 5) is 10.3. The van der Waals surface area contributed by atoms with Gasteiger partial charge in [0.2, 0.25) is 5.75 Å². The number of nitrogens with zero attached hydrogens (tertiary/aromatic N) is 1. The van der Waals surface area contributed by atoms with Crippen molar-refractivity contribution in [1.29, 1.82) is 0 Å².